The second-order valence-electron chi connectivity index (χ2n) is 7.08. The van der Waals surface area contributed by atoms with Crippen LogP contribution in [0.1, 0.15) is 65.2 Å². The smallest absolute Gasteiger partial charge is 0.0107 e. The highest BCUT2D eigenvalue weighted by molar-refractivity contribution is 4.80. The minimum atomic E-state index is 0.799. The molecule has 0 spiro atoms. The summed E-state index contributed by atoms with van der Waals surface area (Å²) in [6.07, 6.45) is 11.4. The van der Waals surface area contributed by atoms with Gasteiger partial charge in [0.15, 0.2) is 0 Å². The first-order valence-electron chi connectivity index (χ1n) is 8.71. The van der Waals surface area contributed by atoms with Crippen molar-refractivity contribution in [3.63, 3.8) is 0 Å². The maximum atomic E-state index is 3.83. The van der Waals surface area contributed by atoms with Crippen LogP contribution in [0.15, 0.2) is 0 Å². The molecule has 2 aliphatic rings. The van der Waals surface area contributed by atoms with Gasteiger partial charge in [-0.15, -0.1) is 0 Å². The molecule has 2 heteroatoms. The molecule has 2 unspecified atom stereocenters. The third-order valence-corrected chi connectivity index (χ3v) is 5.22. The summed E-state index contributed by atoms with van der Waals surface area (Å²) in [4.78, 5) is 2.67. The van der Waals surface area contributed by atoms with Gasteiger partial charge in [-0.1, -0.05) is 39.5 Å². The molecule has 0 aromatic heterocycles. The molecule has 19 heavy (non-hydrogen) atoms. The number of nitrogens with one attached hydrogen (secondary N) is 1. The van der Waals surface area contributed by atoms with E-state index in [1.807, 2.05) is 0 Å². The zero-order chi connectivity index (χ0) is 13.5. The van der Waals surface area contributed by atoms with Crippen LogP contribution >= 0.6 is 0 Å². The fourth-order valence-electron chi connectivity index (χ4n) is 3.81. The van der Waals surface area contributed by atoms with Crippen LogP contribution in [0.2, 0.25) is 0 Å². The van der Waals surface area contributed by atoms with Gasteiger partial charge >= 0.3 is 0 Å². The highest BCUT2D eigenvalue weighted by Gasteiger charge is 2.23. The number of likely N-dealkylation sites (tertiary alicyclic amines) is 1. The first-order chi connectivity index (χ1) is 9.25. The Kier molecular flexibility index (Phi) is 6.66. The molecule has 2 nitrogen and oxygen atoms in total. The third-order valence-electron chi connectivity index (χ3n) is 5.22. The topological polar surface area (TPSA) is 15.3 Å². The average molecular weight is 266 g/mol. The molecule has 1 N–H and O–H groups in total. The minimum Gasteiger partial charge on any atom is -0.313 e. The zero-order valence-corrected chi connectivity index (χ0v) is 13.2. The first-order valence-corrected chi connectivity index (χ1v) is 8.71. The Morgan fingerprint density at radius 2 is 1.74 bits per heavy atom. The maximum absolute atomic E-state index is 3.83. The molecular formula is C17H34N2. The van der Waals surface area contributed by atoms with E-state index in [-0.39, 0.29) is 0 Å². The Morgan fingerprint density at radius 1 is 1.00 bits per heavy atom. The van der Waals surface area contributed by atoms with Gasteiger partial charge in [0.2, 0.25) is 0 Å². The summed E-state index contributed by atoms with van der Waals surface area (Å²) < 4.78 is 0. The second-order valence-corrected chi connectivity index (χ2v) is 7.08. The molecule has 1 saturated carbocycles. The summed E-state index contributed by atoms with van der Waals surface area (Å²) in [7, 11) is 0. The predicted molar refractivity (Wildman–Crippen MR) is 83.5 cm³/mol. The van der Waals surface area contributed by atoms with Crippen LogP contribution in [0.3, 0.4) is 0 Å². The zero-order valence-electron chi connectivity index (χ0n) is 13.2. The van der Waals surface area contributed by atoms with Crippen LogP contribution in [0.4, 0.5) is 0 Å². The van der Waals surface area contributed by atoms with Gasteiger partial charge in [-0.05, 0) is 50.6 Å². The molecule has 1 saturated heterocycles. The van der Waals surface area contributed by atoms with E-state index < -0.39 is 0 Å². The van der Waals surface area contributed by atoms with E-state index in [1.165, 1.54) is 77.5 Å². The van der Waals surface area contributed by atoms with Crippen LogP contribution in [0.5, 0.6) is 0 Å². The third kappa shape index (κ3) is 5.43. The summed E-state index contributed by atoms with van der Waals surface area (Å²) >= 11 is 0. The van der Waals surface area contributed by atoms with Gasteiger partial charge in [0.1, 0.15) is 0 Å². The second kappa shape index (κ2) is 8.26. The molecular weight excluding hydrogens is 232 g/mol. The number of hydrogen-bond donors (Lipinski definition) is 1. The quantitative estimate of drug-likeness (QED) is 0.817. The predicted octanol–water partition coefficient (Wildman–Crippen LogP) is 3.67. The largest absolute Gasteiger partial charge is 0.313 e. The van der Waals surface area contributed by atoms with Crippen molar-refractivity contribution in [2.24, 2.45) is 11.8 Å². The molecule has 112 valence electrons. The standard InChI is InChI=1S/C17H34N2/c1-15(2)16-8-7-9-17(14-16)18-10-13-19-11-5-3-4-6-12-19/h15-18H,3-14H2,1-2H3. The Hall–Kier alpha value is -0.0800. The van der Waals surface area contributed by atoms with Crippen molar-refractivity contribution in [2.45, 2.75) is 71.3 Å². The van der Waals surface area contributed by atoms with Gasteiger partial charge in [0.25, 0.3) is 0 Å². The summed E-state index contributed by atoms with van der Waals surface area (Å²) in [6.45, 7) is 9.93. The molecule has 0 aromatic carbocycles. The molecule has 1 aliphatic carbocycles. The van der Waals surface area contributed by atoms with Gasteiger partial charge in [-0.3, -0.25) is 0 Å². The van der Waals surface area contributed by atoms with Crippen LogP contribution in [-0.4, -0.2) is 37.1 Å². The lowest BCUT2D eigenvalue weighted by Crippen LogP contribution is -2.40. The molecule has 2 rings (SSSR count). The number of nitrogens with zero attached hydrogens (tertiary/aromatic N) is 1. The van der Waals surface area contributed by atoms with E-state index >= 15 is 0 Å². The fourth-order valence-corrected chi connectivity index (χ4v) is 3.81. The van der Waals surface area contributed by atoms with Crippen LogP contribution in [0.25, 0.3) is 0 Å². The Morgan fingerprint density at radius 3 is 2.42 bits per heavy atom. The Balaban J connectivity index is 1.61. The molecule has 0 amide bonds. The molecule has 0 aromatic rings. The highest BCUT2D eigenvalue weighted by atomic mass is 15.1. The molecule has 2 fully saturated rings. The van der Waals surface area contributed by atoms with Gasteiger partial charge < -0.3 is 10.2 Å². The van der Waals surface area contributed by atoms with Crippen molar-refractivity contribution in [2.75, 3.05) is 26.2 Å². The fraction of sp³-hybridized carbons (Fsp3) is 1.00. The molecule has 0 radical (unpaired) electrons. The summed E-state index contributed by atoms with van der Waals surface area (Å²) in [5.74, 6) is 1.83. The van der Waals surface area contributed by atoms with Crippen molar-refractivity contribution in [1.82, 2.24) is 10.2 Å². The maximum Gasteiger partial charge on any atom is 0.0107 e. The monoisotopic (exact) mass is 266 g/mol. The number of hydrogen-bond acceptors (Lipinski definition) is 2. The van der Waals surface area contributed by atoms with Crippen LogP contribution < -0.4 is 5.32 Å². The van der Waals surface area contributed by atoms with E-state index in [4.69, 9.17) is 0 Å². The van der Waals surface area contributed by atoms with E-state index in [1.54, 1.807) is 0 Å². The Labute approximate surface area is 120 Å². The molecule has 2 atom stereocenters. The lowest BCUT2D eigenvalue weighted by atomic mass is 9.79. The van der Waals surface area contributed by atoms with Crippen molar-refractivity contribution >= 4 is 0 Å². The van der Waals surface area contributed by atoms with E-state index in [0.717, 1.165) is 17.9 Å². The Bertz CT molecular complexity index is 231. The minimum absolute atomic E-state index is 0.799. The van der Waals surface area contributed by atoms with E-state index in [9.17, 15) is 0 Å². The molecule has 1 aliphatic heterocycles. The van der Waals surface area contributed by atoms with Crippen LogP contribution in [-0.2, 0) is 0 Å². The van der Waals surface area contributed by atoms with E-state index in [0.29, 0.717) is 0 Å². The van der Waals surface area contributed by atoms with E-state index in [2.05, 4.69) is 24.1 Å². The lowest BCUT2D eigenvalue weighted by molar-refractivity contribution is 0.220. The summed E-state index contributed by atoms with van der Waals surface area (Å²) in [5, 5.41) is 3.83. The van der Waals surface area contributed by atoms with Gasteiger partial charge in [0.05, 0.1) is 0 Å². The lowest BCUT2D eigenvalue weighted by Gasteiger charge is -2.32. The normalized spacial score (nSPS) is 30.5. The average Bonchev–Trinajstić information content (AvgIpc) is 2.68. The SMILES string of the molecule is CC(C)C1CCCC(NCCN2CCCCCC2)C1. The number of rotatable bonds is 5. The van der Waals surface area contributed by atoms with Gasteiger partial charge in [0, 0.05) is 19.1 Å². The first kappa shape index (κ1) is 15.3. The molecule has 1 heterocycles. The highest BCUT2D eigenvalue weighted by Crippen LogP contribution is 2.29. The summed E-state index contributed by atoms with van der Waals surface area (Å²) in [5.41, 5.74) is 0. The van der Waals surface area contributed by atoms with Gasteiger partial charge in [-0.2, -0.15) is 0 Å². The van der Waals surface area contributed by atoms with Crippen molar-refractivity contribution < 1.29 is 0 Å². The van der Waals surface area contributed by atoms with Crippen molar-refractivity contribution in [3.8, 4) is 0 Å². The van der Waals surface area contributed by atoms with Crippen LogP contribution in [0, 0.1) is 11.8 Å². The van der Waals surface area contributed by atoms with Gasteiger partial charge in [-0.25, -0.2) is 0 Å². The summed E-state index contributed by atoms with van der Waals surface area (Å²) in [6, 6.07) is 0.799. The van der Waals surface area contributed by atoms with Crippen molar-refractivity contribution in [1.29, 1.82) is 0 Å². The molecule has 0 bridgehead atoms. The van der Waals surface area contributed by atoms with Crippen molar-refractivity contribution in [3.05, 3.63) is 0 Å².